The number of hydrogen-bond acceptors (Lipinski definition) is 1. The van der Waals surface area contributed by atoms with Gasteiger partial charge in [0.15, 0.2) is 0 Å². The highest BCUT2D eigenvalue weighted by Gasteiger charge is 2.48. The number of anilines is 3. The molecule has 6 aliphatic rings. The second kappa shape index (κ2) is 13.9. The standard InChI is InChI=1S/C56H57N/c1-36-13-27-51-52-28-26-48(35-54(52)56(2,3)53(51)29-36)57(47-24-20-43(21-25-47)55-44-31-37-30-38(33-44)34-45(55)32-37)46-22-18-42(19-23-46)50-12-8-7-11-49(50)41-16-14-40(15-17-41)39-9-5-4-6-10-39/h7-8,11-29,35,37-39,44-45,55H,4-6,9-10,30-34H2,1-3H3. The number of benzene rings is 6. The van der Waals surface area contributed by atoms with Gasteiger partial charge < -0.3 is 4.90 Å². The molecule has 5 fully saturated rings. The van der Waals surface area contributed by atoms with Crippen LogP contribution in [0.3, 0.4) is 0 Å². The number of fused-ring (bicyclic) bond motifs is 3. The average Bonchev–Trinajstić information content (AvgIpc) is 3.46. The summed E-state index contributed by atoms with van der Waals surface area (Å²) in [6.45, 7) is 7.02. The Morgan fingerprint density at radius 3 is 1.60 bits per heavy atom. The van der Waals surface area contributed by atoms with Crippen LogP contribution in [0.2, 0.25) is 0 Å². The van der Waals surface area contributed by atoms with Crippen molar-refractivity contribution in [3.8, 4) is 33.4 Å². The maximum absolute atomic E-state index is 2.50. The first-order valence-electron chi connectivity index (χ1n) is 22.3. The first-order chi connectivity index (χ1) is 27.9. The summed E-state index contributed by atoms with van der Waals surface area (Å²) >= 11 is 0. The van der Waals surface area contributed by atoms with Crippen molar-refractivity contribution in [1.29, 1.82) is 0 Å². The summed E-state index contributed by atoms with van der Waals surface area (Å²) in [6.07, 6.45) is 14.1. The van der Waals surface area contributed by atoms with Crippen molar-refractivity contribution in [3.05, 3.63) is 161 Å². The molecule has 0 atom stereocenters. The highest BCUT2D eigenvalue weighted by atomic mass is 15.1. The SMILES string of the molecule is Cc1ccc2c(c1)C(C)(C)c1cc(N(c3ccc(-c4ccccc4-c4ccc(C5CCCCC5)cc4)cc3)c3ccc(C4C5CC6CC(C5)CC4C6)cc3)ccc1-2. The van der Waals surface area contributed by atoms with Crippen LogP contribution in [0.25, 0.3) is 33.4 Å². The van der Waals surface area contributed by atoms with E-state index in [0.717, 1.165) is 35.5 Å². The minimum Gasteiger partial charge on any atom is -0.310 e. The highest BCUT2D eigenvalue weighted by molar-refractivity contribution is 5.88. The molecule has 0 saturated heterocycles. The molecule has 6 aromatic carbocycles. The van der Waals surface area contributed by atoms with Crippen molar-refractivity contribution in [2.45, 2.75) is 102 Å². The van der Waals surface area contributed by atoms with Gasteiger partial charge in [-0.25, -0.2) is 0 Å². The third kappa shape index (κ3) is 6.11. The van der Waals surface area contributed by atoms with Crippen LogP contribution in [-0.4, -0.2) is 0 Å². The Hall–Kier alpha value is -4.88. The molecule has 5 saturated carbocycles. The maximum atomic E-state index is 2.50. The lowest BCUT2D eigenvalue weighted by Crippen LogP contribution is -2.43. The minimum atomic E-state index is -0.0656. The minimum absolute atomic E-state index is 0.0656. The molecule has 0 aliphatic heterocycles. The molecule has 0 spiro atoms. The topological polar surface area (TPSA) is 3.24 Å². The van der Waals surface area contributed by atoms with Crippen molar-refractivity contribution >= 4 is 17.1 Å². The highest BCUT2D eigenvalue weighted by Crippen LogP contribution is 2.60. The van der Waals surface area contributed by atoms with Gasteiger partial charge in [0.2, 0.25) is 0 Å². The van der Waals surface area contributed by atoms with Crippen molar-refractivity contribution in [2.75, 3.05) is 4.90 Å². The quantitative estimate of drug-likeness (QED) is 0.157. The number of nitrogens with zero attached hydrogens (tertiary/aromatic N) is 1. The summed E-state index contributed by atoms with van der Waals surface area (Å²) in [7, 11) is 0. The van der Waals surface area contributed by atoms with E-state index in [2.05, 4.69) is 159 Å². The van der Waals surface area contributed by atoms with E-state index in [9.17, 15) is 0 Å². The fourth-order valence-corrected chi connectivity index (χ4v) is 12.9. The second-order valence-electron chi connectivity index (χ2n) is 19.3. The van der Waals surface area contributed by atoms with Gasteiger partial charge in [-0.15, -0.1) is 0 Å². The third-order valence-corrected chi connectivity index (χ3v) is 15.5. The van der Waals surface area contributed by atoms with E-state index >= 15 is 0 Å². The van der Waals surface area contributed by atoms with E-state index < -0.39 is 0 Å². The van der Waals surface area contributed by atoms with Gasteiger partial charge in [-0.3, -0.25) is 0 Å². The molecule has 0 radical (unpaired) electrons. The van der Waals surface area contributed by atoms with Gasteiger partial charge in [0.05, 0.1) is 0 Å². The van der Waals surface area contributed by atoms with Crippen LogP contribution in [-0.2, 0) is 5.41 Å². The van der Waals surface area contributed by atoms with E-state index in [1.54, 1.807) is 5.56 Å². The van der Waals surface area contributed by atoms with Gasteiger partial charge in [0.1, 0.15) is 0 Å². The Bertz CT molecular complexity index is 2400. The first-order valence-corrected chi connectivity index (χ1v) is 22.3. The third-order valence-electron chi connectivity index (χ3n) is 15.5. The molecule has 57 heavy (non-hydrogen) atoms. The Morgan fingerprint density at radius 2 is 0.982 bits per heavy atom. The summed E-state index contributed by atoms with van der Waals surface area (Å²) in [5, 5.41) is 0. The summed E-state index contributed by atoms with van der Waals surface area (Å²) < 4.78 is 0. The molecular weight excluding hydrogens is 687 g/mol. The van der Waals surface area contributed by atoms with Crippen LogP contribution in [0.15, 0.2) is 133 Å². The Kier molecular flexibility index (Phi) is 8.61. The summed E-state index contributed by atoms with van der Waals surface area (Å²) in [6, 6.07) is 51.9. The molecule has 0 amide bonds. The van der Waals surface area contributed by atoms with Gasteiger partial charge in [-0.1, -0.05) is 136 Å². The monoisotopic (exact) mass is 743 g/mol. The fourth-order valence-electron chi connectivity index (χ4n) is 12.9. The van der Waals surface area contributed by atoms with E-state index in [-0.39, 0.29) is 5.41 Å². The van der Waals surface area contributed by atoms with Crippen LogP contribution in [0, 0.1) is 30.6 Å². The number of hydrogen-bond donors (Lipinski definition) is 0. The van der Waals surface area contributed by atoms with Crippen LogP contribution in [0.5, 0.6) is 0 Å². The predicted molar refractivity (Wildman–Crippen MR) is 240 cm³/mol. The van der Waals surface area contributed by atoms with E-state index in [1.165, 1.54) is 137 Å². The first kappa shape index (κ1) is 35.3. The molecule has 6 aromatic rings. The summed E-state index contributed by atoms with van der Waals surface area (Å²) in [5.41, 5.74) is 18.7. The lowest BCUT2D eigenvalue weighted by atomic mass is 9.51. The molecule has 1 nitrogen and oxygen atoms in total. The fraction of sp³-hybridized carbons (Fsp3) is 0.357. The summed E-state index contributed by atoms with van der Waals surface area (Å²) in [5.74, 6) is 5.24. The Morgan fingerprint density at radius 1 is 0.474 bits per heavy atom. The van der Waals surface area contributed by atoms with Gasteiger partial charge in [-0.05, 0) is 179 Å². The zero-order valence-electron chi connectivity index (χ0n) is 34.2. The molecule has 286 valence electrons. The average molecular weight is 744 g/mol. The maximum Gasteiger partial charge on any atom is 0.0465 e. The lowest BCUT2D eigenvalue weighted by molar-refractivity contribution is -0.00277. The van der Waals surface area contributed by atoms with E-state index in [1.807, 2.05) is 0 Å². The van der Waals surface area contributed by atoms with Crippen molar-refractivity contribution in [1.82, 2.24) is 0 Å². The van der Waals surface area contributed by atoms with Crippen molar-refractivity contribution < 1.29 is 0 Å². The molecule has 0 heterocycles. The largest absolute Gasteiger partial charge is 0.310 e. The van der Waals surface area contributed by atoms with Gasteiger partial charge >= 0.3 is 0 Å². The van der Waals surface area contributed by atoms with Crippen LogP contribution >= 0.6 is 0 Å². The zero-order valence-corrected chi connectivity index (χ0v) is 34.2. The molecule has 4 bridgehead atoms. The van der Waals surface area contributed by atoms with Crippen LogP contribution in [0.4, 0.5) is 17.1 Å². The molecule has 0 N–H and O–H groups in total. The smallest absolute Gasteiger partial charge is 0.0465 e. The van der Waals surface area contributed by atoms with Gasteiger partial charge in [-0.2, -0.15) is 0 Å². The molecule has 1 heteroatoms. The molecule has 12 rings (SSSR count). The van der Waals surface area contributed by atoms with E-state index in [0.29, 0.717) is 0 Å². The normalized spacial score (nSPS) is 24.3. The van der Waals surface area contributed by atoms with Gasteiger partial charge in [0, 0.05) is 22.5 Å². The Labute approximate surface area is 341 Å². The van der Waals surface area contributed by atoms with Crippen molar-refractivity contribution in [2.24, 2.45) is 23.7 Å². The molecular formula is C56H57N. The predicted octanol–water partition coefficient (Wildman–Crippen LogP) is 15.7. The second-order valence-corrected chi connectivity index (χ2v) is 19.3. The summed E-state index contributed by atoms with van der Waals surface area (Å²) in [4.78, 5) is 2.50. The van der Waals surface area contributed by atoms with Crippen LogP contribution in [0.1, 0.15) is 118 Å². The van der Waals surface area contributed by atoms with E-state index in [4.69, 9.17) is 0 Å². The Balaban J connectivity index is 0.953. The number of aryl methyl sites for hydroxylation is 1. The van der Waals surface area contributed by atoms with Crippen LogP contribution < -0.4 is 4.90 Å². The van der Waals surface area contributed by atoms with Gasteiger partial charge in [0.25, 0.3) is 0 Å². The molecule has 6 aliphatic carbocycles. The zero-order chi connectivity index (χ0) is 38.3. The number of rotatable bonds is 7. The lowest BCUT2D eigenvalue weighted by Gasteiger charge is -2.54. The van der Waals surface area contributed by atoms with Crippen molar-refractivity contribution in [3.63, 3.8) is 0 Å². The molecule has 0 aromatic heterocycles. The molecule has 0 unspecified atom stereocenters.